The van der Waals surface area contributed by atoms with Gasteiger partial charge in [-0.1, -0.05) is 35.3 Å². The van der Waals surface area contributed by atoms with Crippen LogP contribution in [0.4, 0.5) is 17.5 Å². The average molecular weight is 498 g/mol. The first-order valence-corrected chi connectivity index (χ1v) is 11.2. The van der Waals surface area contributed by atoms with Gasteiger partial charge in [-0.3, -0.25) is 0 Å². The van der Waals surface area contributed by atoms with Gasteiger partial charge < -0.3 is 21.1 Å². The second kappa shape index (κ2) is 8.52. The molecule has 34 heavy (non-hydrogen) atoms. The topological polar surface area (TPSA) is 122 Å². The van der Waals surface area contributed by atoms with E-state index in [1.807, 2.05) is 37.2 Å². The lowest BCUT2D eigenvalue weighted by Gasteiger charge is -2.24. The summed E-state index contributed by atoms with van der Waals surface area (Å²) in [4.78, 5) is 27.6. The summed E-state index contributed by atoms with van der Waals surface area (Å²) in [6.45, 7) is 0. The molecule has 9 nitrogen and oxygen atoms in total. The van der Waals surface area contributed by atoms with Gasteiger partial charge >= 0.3 is 5.69 Å². The SMILES string of the molecule is CN(C)[C@H]1c2cc(Nc3ncc4c(N)n(-c5c(Cl)cccc5Cl)c(=O)nc4n3)ccc2C[C@H]1O. The molecule has 0 aliphatic heterocycles. The molecule has 2 aromatic heterocycles. The largest absolute Gasteiger partial charge is 0.391 e. The lowest BCUT2D eigenvalue weighted by molar-refractivity contribution is 0.0902. The highest BCUT2D eigenvalue weighted by Gasteiger charge is 2.32. The number of fused-ring (bicyclic) bond motifs is 2. The molecule has 5 rings (SSSR count). The molecule has 0 radical (unpaired) electrons. The summed E-state index contributed by atoms with van der Waals surface area (Å²) in [5.41, 5.74) is 8.92. The molecule has 0 amide bonds. The Morgan fingerprint density at radius 1 is 1.18 bits per heavy atom. The van der Waals surface area contributed by atoms with E-state index in [0.29, 0.717) is 11.8 Å². The van der Waals surface area contributed by atoms with E-state index >= 15 is 0 Å². The number of para-hydroxylation sites is 1. The number of hydrogen-bond acceptors (Lipinski definition) is 8. The Kier molecular flexibility index (Phi) is 5.65. The molecule has 1 aliphatic rings. The number of anilines is 3. The fraction of sp³-hybridized carbons (Fsp3) is 0.217. The number of likely N-dealkylation sites (N-methyl/N-ethyl adjacent to an activating group) is 1. The van der Waals surface area contributed by atoms with Crippen LogP contribution in [0.2, 0.25) is 10.0 Å². The fourth-order valence-electron chi connectivity index (χ4n) is 4.41. The van der Waals surface area contributed by atoms with E-state index in [4.69, 9.17) is 28.9 Å². The summed E-state index contributed by atoms with van der Waals surface area (Å²) in [5.74, 6) is 0.337. The first kappa shape index (κ1) is 22.5. The molecule has 0 saturated heterocycles. The summed E-state index contributed by atoms with van der Waals surface area (Å²) < 4.78 is 1.15. The van der Waals surface area contributed by atoms with Gasteiger partial charge in [0.1, 0.15) is 5.82 Å². The van der Waals surface area contributed by atoms with Crippen LogP contribution in [-0.4, -0.2) is 49.7 Å². The molecule has 4 aromatic rings. The number of nitrogens with one attached hydrogen (secondary N) is 1. The molecule has 4 N–H and O–H groups in total. The fourth-order valence-corrected chi connectivity index (χ4v) is 4.98. The number of hydrogen-bond donors (Lipinski definition) is 3. The van der Waals surface area contributed by atoms with Crippen LogP contribution in [0.15, 0.2) is 47.4 Å². The Hall–Kier alpha value is -3.24. The molecular formula is C23H21Cl2N7O2. The van der Waals surface area contributed by atoms with E-state index in [1.54, 1.807) is 18.2 Å². The van der Waals surface area contributed by atoms with Crippen molar-refractivity contribution < 1.29 is 5.11 Å². The van der Waals surface area contributed by atoms with E-state index in [9.17, 15) is 9.90 Å². The normalized spacial score (nSPS) is 17.4. The zero-order valence-corrected chi connectivity index (χ0v) is 19.8. The standard InChI is InChI=1S/C23H21Cl2N7O2/c1-31(2)18-13-9-12(7-6-11(13)8-17(18)33)28-22-27-10-14-20(26)32(23(34)30-21(14)29-22)19-15(24)4-3-5-16(19)25/h3-7,9-10,17-18,33H,8,26H2,1-2H3,(H,28,29,30,34)/t17-,18+/m1/s1. The first-order valence-electron chi connectivity index (χ1n) is 10.5. The molecule has 0 unspecified atom stereocenters. The van der Waals surface area contributed by atoms with Gasteiger partial charge in [-0.05, 0) is 49.5 Å². The minimum atomic E-state index is -0.662. The summed E-state index contributed by atoms with van der Waals surface area (Å²) in [7, 11) is 3.88. The molecule has 2 aromatic carbocycles. The highest BCUT2D eigenvalue weighted by atomic mass is 35.5. The molecule has 0 bridgehead atoms. The second-order valence-electron chi connectivity index (χ2n) is 8.33. The van der Waals surface area contributed by atoms with Crippen molar-refractivity contribution in [3.05, 3.63) is 74.3 Å². The third-order valence-electron chi connectivity index (χ3n) is 5.91. The predicted molar refractivity (Wildman–Crippen MR) is 133 cm³/mol. The summed E-state index contributed by atoms with van der Waals surface area (Å²) in [5, 5.41) is 14.5. The van der Waals surface area contributed by atoms with Crippen LogP contribution in [-0.2, 0) is 6.42 Å². The molecule has 1 aliphatic carbocycles. The van der Waals surface area contributed by atoms with Crippen LogP contribution >= 0.6 is 23.2 Å². The molecule has 0 saturated carbocycles. The van der Waals surface area contributed by atoms with Crippen molar-refractivity contribution in [2.75, 3.05) is 25.1 Å². The van der Waals surface area contributed by atoms with Crippen LogP contribution in [0.5, 0.6) is 0 Å². The third kappa shape index (κ3) is 3.76. The van der Waals surface area contributed by atoms with Crippen molar-refractivity contribution in [2.24, 2.45) is 0 Å². The minimum absolute atomic E-state index is 0.0805. The Balaban J connectivity index is 1.53. The lowest BCUT2D eigenvalue weighted by Crippen LogP contribution is -2.27. The second-order valence-corrected chi connectivity index (χ2v) is 9.15. The Bertz CT molecular complexity index is 1470. The van der Waals surface area contributed by atoms with Crippen molar-refractivity contribution in [2.45, 2.75) is 18.6 Å². The van der Waals surface area contributed by atoms with E-state index in [0.717, 1.165) is 21.4 Å². The number of benzene rings is 2. The smallest absolute Gasteiger partial charge is 0.355 e. The Morgan fingerprint density at radius 3 is 2.62 bits per heavy atom. The van der Waals surface area contributed by atoms with Gasteiger partial charge in [0.15, 0.2) is 5.65 Å². The van der Waals surface area contributed by atoms with Gasteiger partial charge in [-0.15, -0.1) is 0 Å². The van der Waals surface area contributed by atoms with E-state index in [1.165, 1.54) is 6.20 Å². The number of aromatic nitrogens is 4. The van der Waals surface area contributed by atoms with Crippen molar-refractivity contribution >= 4 is 51.7 Å². The molecule has 11 heteroatoms. The molecule has 0 fully saturated rings. The summed E-state index contributed by atoms with van der Waals surface area (Å²) >= 11 is 12.5. The van der Waals surface area contributed by atoms with Crippen LogP contribution in [0.1, 0.15) is 17.2 Å². The molecule has 2 heterocycles. The lowest BCUT2D eigenvalue weighted by atomic mass is 10.1. The quantitative estimate of drug-likeness (QED) is 0.392. The maximum absolute atomic E-state index is 12.8. The number of aliphatic hydroxyl groups is 1. The maximum Gasteiger partial charge on any atom is 0.355 e. The van der Waals surface area contributed by atoms with Gasteiger partial charge in [-0.2, -0.15) is 9.97 Å². The number of nitrogen functional groups attached to an aromatic ring is 1. The van der Waals surface area contributed by atoms with E-state index < -0.39 is 11.8 Å². The minimum Gasteiger partial charge on any atom is -0.391 e. The van der Waals surface area contributed by atoms with E-state index in [-0.39, 0.29) is 39.2 Å². The predicted octanol–water partition coefficient (Wildman–Crippen LogP) is 3.33. The van der Waals surface area contributed by atoms with Crippen LogP contribution in [0, 0.1) is 0 Å². The number of aliphatic hydroxyl groups excluding tert-OH is 1. The van der Waals surface area contributed by atoms with E-state index in [2.05, 4.69) is 20.3 Å². The zero-order valence-electron chi connectivity index (χ0n) is 18.3. The van der Waals surface area contributed by atoms with Crippen molar-refractivity contribution in [1.82, 2.24) is 24.4 Å². The molecule has 174 valence electrons. The van der Waals surface area contributed by atoms with Gasteiger partial charge in [0.25, 0.3) is 0 Å². The Labute approximate surface area is 204 Å². The first-order chi connectivity index (χ1) is 16.2. The van der Waals surface area contributed by atoms with Gasteiger partial charge in [0, 0.05) is 18.3 Å². The highest BCUT2D eigenvalue weighted by Crippen LogP contribution is 2.37. The number of halogens is 2. The maximum atomic E-state index is 12.8. The van der Waals surface area contributed by atoms with Gasteiger partial charge in [0.05, 0.1) is 33.3 Å². The van der Waals surface area contributed by atoms with Crippen molar-refractivity contribution in [1.29, 1.82) is 0 Å². The zero-order chi connectivity index (χ0) is 24.1. The average Bonchev–Trinajstić information content (AvgIpc) is 3.10. The molecule has 0 spiro atoms. The van der Waals surface area contributed by atoms with Crippen molar-refractivity contribution in [3.63, 3.8) is 0 Å². The summed E-state index contributed by atoms with van der Waals surface area (Å²) in [6.07, 6.45) is 1.64. The van der Waals surface area contributed by atoms with Crippen molar-refractivity contribution in [3.8, 4) is 5.69 Å². The Morgan fingerprint density at radius 2 is 1.91 bits per heavy atom. The highest BCUT2D eigenvalue weighted by molar-refractivity contribution is 6.37. The monoisotopic (exact) mass is 497 g/mol. The number of rotatable bonds is 4. The third-order valence-corrected chi connectivity index (χ3v) is 6.52. The summed E-state index contributed by atoms with van der Waals surface area (Å²) in [6, 6.07) is 10.7. The van der Waals surface area contributed by atoms with Crippen LogP contribution < -0.4 is 16.7 Å². The van der Waals surface area contributed by atoms with Gasteiger partial charge in [-0.25, -0.2) is 14.3 Å². The molecular weight excluding hydrogens is 477 g/mol. The molecule has 2 atom stereocenters. The number of nitrogens with two attached hydrogens (primary N) is 1. The van der Waals surface area contributed by atoms with Crippen LogP contribution in [0.25, 0.3) is 16.7 Å². The number of nitrogens with zero attached hydrogens (tertiary/aromatic N) is 5. The van der Waals surface area contributed by atoms with Crippen LogP contribution in [0.3, 0.4) is 0 Å². The van der Waals surface area contributed by atoms with Gasteiger partial charge in [0.2, 0.25) is 5.95 Å².